The number of esters is 1. The second-order valence-electron chi connectivity index (χ2n) is 7.61. The number of rotatable bonds is 8. The zero-order valence-corrected chi connectivity index (χ0v) is 25.0. The van der Waals surface area contributed by atoms with Crippen LogP contribution in [0.15, 0.2) is 53.9 Å². The van der Waals surface area contributed by atoms with Gasteiger partial charge in [0.1, 0.15) is 5.75 Å². The number of hydrogen-bond donors (Lipinski definition) is 1. The SMILES string of the molecule is CC(=O)Cl.CC(=O)O.CCCN(CCc1cccs1)c1ccc2c(OC(C)=O)cccc2c1.O=C(Cl)C(=O)Cl. The molecular weight excluding hydrogens is 589 g/mol. The molecule has 0 aliphatic rings. The quantitative estimate of drug-likeness (QED) is 0.129. The molecule has 8 nitrogen and oxygen atoms in total. The van der Waals surface area contributed by atoms with Gasteiger partial charge in [-0.2, -0.15) is 0 Å². The van der Waals surface area contributed by atoms with Crippen molar-refractivity contribution in [3.8, 4) is 5.75 Å². The summed E-state index contributed by atoms with van der Waals surface area (Å²) in [6, 6.07) is 16.5. The van der Waals surface area contributed by atoms with Crippen LogP contribution < -0.4 is 9.64 Å². The number of hydrogen-bond acceptors (Lipinski definition) is 8. The Morgan fingerprint density at radius 2 is 1.49 bits per heavy atom. The van der Waals surface area contributed by atoms with Crippen molar-refractivity contribution in [3.63, 3.8) is 0 Å². The van der Waals surface area contributed by atoms with Crippen molar-refractivity contribution in [2.75, 3.05) is 18.0 Å². The molecule has 1 aromatic heterocycles. The van der Waals surface area contributed by atoms with Crippen LogP contribution in [0, 0.1) is 0 Å². The first-order valence-corrected chi connectivity index (χ1v) is 13.5. The Morgan fingerprint density at radius 1 is 0.897 bits per heavy atom. The van der Waals surface area contributed by atoms with Crippen molar-refractivity contribution in [2.45, 2.75) is 40.5 Å². The summed E-state index contributed by atoms with van der Waals surface area (Å²) >= 11 is 15.4. The Hall–Kier alpha value is -2.98. The molecule has 212 valence electrons. The van der Waals surface area contributed by atoms with Crippen LogP contribution in [-0.2, 0) is 30.4 Å². The highest BCUT2D eigenvalue weighted by molar-refractivity contribution is 7.09. The van der Waals surface area contributed by atoms with E-state index in [4.69, 9.17) is 14.6 Å². The molecule has 0 radical (unpaired) electrons. The fraction of sp³-hybridized carbons (Fsp3) is 0.296. The molecule has 2 aromatic carbocycles. The Kier molecular flexibility index (Phi) is 18.5. The van der Waals surface area contributed by atoms with E-state index in [2.05, 4.69) is 88.4 Å². The van der Waals surface area contributed by atoms with Gasteiger partial charge in [-0.3, -0.25) is 24.0 Å². The number of thiophene rings is 1. The molecule has 0 amide bonds. The molecule has 0 unspecified atom stereocenters. The van der Waals surface area contributed by atoms with Crippen LogP contribution >= 0.6 is 46.1 Å². The van der Waals surface area contributed by atoms with E-state index in [-0.39, 0.29) is 11.2 Å². The predicted molar refractivity (Wildman–Crippen MR) is 157 cm³/mol. The fourth-order valence-electron chi connectivity index (χ4n) is 3.02. The molecule has 0 fully saturated rings. The van der Waals surface area contributed by atoms with Gasteiger partial charge in [-0.1, -0.05) is 25.1 Å². The third-order valence-electron chi connectivity index (χ3n) is 4.30. The molecule has 1 heterocycles. The van der Waals surface area contributed by atoms with E-state index in [1.54, 1.807) is 0 Å². The molecule has 3 aromatic rings. The normalized spacial score (nSPS) is 9.41. The third-order valence-corrected chi connectivity index (χ3v) is 5.68. The standard InChI is InChI=1S/C21H23NO2S.C2Cl2O2.C2H3ClO.C2H4O2/c1-3-12-22(13-11-19-7-5-14-25-19)18-9-10-20-17(15-18)6-4-8-21(20)24-16(2)23;3-1(5)2(4)6;2*1-2(3)4/h4-10,14-15H,3,11-13H2,1-2H3;;1H3;1H3,(H,3,4). The summed E-state index contributed by atoms with van der Waals surface area (Å²) in [7, 11) is 0. The average Bonchev–Trinajstić information content (AvgIpc) is 3.34. The van der Waals surface area contributed by atoms with Gasteiger partial charge in [-0.25, -0.2) is 0 Å². The van der Waals surface area contributed by atoms with E-state index in [9.17, 15) is 19.2 Å². The minimum Gasteiger partial charge on any atom is -0.481 e. The van der Waals surface area contributed by atoms with Crippen LogP contribution in [0.4, 0.5) is 5.69 Å². The molecule has 0 aliphatic heterocycles. The van der Waals surface area contributed by atoms with Gasteiger partial charge in [0.15, 0.2) is 0 Å². The maximum atomic E-state index is 11.3. The van der Waals surface area contributed by atoms with Crippen LogP contribution in [0.3, 0.4) is 0 Å². The molecule has 1 N–H and O–H groups in total. The molecule has 12 heteroatoms. The smallest absolute Gasteiger partial charge is 0.308 e. The van der Waals surface area contributed by atoms with Crippen LogP contribution in [0.1, 0.15) is 39.0 Å². The molecule has 0 bridgehead atoms. The van der Waals surface area contributed by atoms with E-state index < -0.39 is 16.5 Å². The Labute approximate surface area is 246 Å². The Balaban J connectivity index is 0.000000856. The number of carbonyl (C=O) groups excluding carboxylic acids is 4. The van der Waals surface area contributed by atoms with Gasteiger partial charge >= 0.3 is 16.5 Å². The number of fused-ring (bicyclic) bond motifs is 1. The number of carbonyl (C=O) groups is 5. The van der Waals surface area contributed by atoms with Crippen LogP contribution in [0.25, 0.3) is 10.8 Å². The number of nitrogens with zero attached hydrogens (tertiary/aromatic N) is 1. The maximum Gasteiger partial charge on any atom is 0.308 e. The zero-order valence-electron chi connectivity index (χ0n) is 21.9. The molecule has 0 atom stereocenters. The van der Waals surface area contributed by atoms with Crippen LogP contribution in [-0.4, -0.2) is 45.9 Å². The number of ether oxygens (including phenoxy) is 1. The van der Waals surface area contributed by atoms with Crippen molar-refractivity contribution in [3.05, 3.63) is 58.8 Å². The summed E-state index contributed by atoms with van der Waals surface area (Å²) in [6.07, 6.45) is 2.17. The van der Waals surface area contributed by atoms with Crippen LogP contribution in [0.5, 0.6) is 5.75 Å². The lowest BCUT2D eigenvalue weighted by Gasteiger charge is -2.24. The van der Waals surface area contributed by atoms with Gasteiger partial charge in [-0.05, 0) is 88.7 Å². The summed E-state index contributed by atoms with van der Waals surface area (Å²) < 4.78 is 5.32. The van der Waals surface area contributed by atoms with Gasteiger partial charge in [-0.15, -0.1) is 11.3 Å². The van der Waals surface area contributed by atoms with Gasteiger partial charge in [0, 0.05) is 49.8 Å². The number of carboxylic acid groups (broad SMARTS) is 1. The first-order valence-electron chi connectivity index (χ1n) is 11.5. The highest BCUT2D eigenvalue weighted by atomic mass is 35.5. The number of anilines is 1. The first kappa shape index (κ1) is 36.0. The Bertz CT molecular complexity index is 1200. The molecule has 0 spiro atoms. The molecule has 0 aliphatic carbocycles. The number of halogens is 3. The molecule has 3 rings (SSSR count). The Morgan fingerprint density at radius 3 is 1.95 bits per heavy atom. The van der Waals surface area contributed by atoms with E-state index in [0.29, 0.717) is 5.75 Å². The fourth-order valence-corrected chi connectivity index (χ4v) is 3.72. The van der Waals surface area contributed by atoms with E-state index >= 15 is 0 Å². The van der Waals surface area contributed by atoms with Crippen molar-refractivity contribution < 1.29 is 33.8 Å². The second kappa shape index (κ2) is 20.0. The third kappa shape index (κ3) is 17.3. The average molecular weight is 619 g/mol. The number of aliphatic carboxylic acids is 1. The van der Waals surface area contributed by atoms with Crippen molar-refractivity contribution in [2.24, 2.45) is 0 Å². The minimum atomic E-state index is -1.14. The van der Waals surface area contributed by atoms with Crippen molar-refractivity contribution in [1.29, 1.82) is 0 Å². The van der Waals surface area contributed by atoms with E-state index in [0.717, 1.165) is 43.6 Å². The predicted octanol–water partition coefficient (Wildman–Crippen LogP) is 6.67. The highest BCUT2D eigenvalue weighted by Crippen LogP contribution is 2.29. The summed E-state index contributed by atoms with van der Waals surface area (Å²) in [5.74, 6) is -0.502. The molecule has 0 saturated heterocycles. The summed E-state index contributed by atoms with van der Waals surface area (Å²) in [5.41, 5.74) is 1.21. The molecule has 39 heavy (non-hydrogen) atoms. The largest absolute Gasteiger partial charge is 0.481 e. The van der Waals surface area contributed by atoms with Crippen molar-refractivity contribution >= 4 is 90.3 Å². The van der Waals surface area contributed by atoms with Gasteiger partial charge in [0.05, 0.1) is 0 Å². The molecule has 0 saturated carbocycles. The number of benzene rings is 2. The highest BCUT2D eigenvalue weighted by Gasteiger charge is 2.10. The molecular formula is C27H30Cl3NO7S. The van der Waals surface area contributed by atoms with Gasteiger partial charge in [0.25, 0.3) is 5.97 Å². The monoisotopic (exact) mass is 617 g/mol. The first-order chi connectivity index (χ1) is 18.3. The van der Waals surface area contributed by atoms with Crippen molar-refractivity contribution in [1.82, 2.24) is 0 Å². The topological polar surface area (TPSA) is 118 Å². The number of carboxylic acids is 1. The summed E-state index contributed by atoms with van der Waals surface area (Å²) in [6.45, 7) is 8.05. The summed E-state index contributed by atoms with van der Waals surface area (Å²) in [5, 5.41) is 8.96. The minimum absolute atomic E-state index is 0.292. The van der Waals surface area contributed by atoms with Gasteiger partial charge in [0.2, 0.25) is 5.24 Å². The lowest BCUT2D eigenvalue weighted by Crippen LogP contribution is -2.26. The van der Waals surface area contributed by atoms with E-state index in [1.165, 1.54) is 24.4 Å². The summed E-state index contributed by atoms with van der Waals surface area (Å²) in [4.78, 5) is 52.2. The lowest BCUT2D eigenvalue weighted by atomic mass is 10.1. The van der Waals surface area contributed by atoms with Crippen LogP contribution in [0.2, 0.25) is 0 Å². The lowest BCUT2D eigenvalue weighted by molar-refractivity contribution is -0.134. The van der Waals surface area contributed by atoms with E-state index in [1.807, 2.05) is 23.5 Å². The zero-order chi connectivity index (χ0) is 30.0. The second-order valence-corrected chi connectivity index (χ2v) is 9.86. The maximum absolute atomic E-state index is 11.3. The van der Waals surface area contributed by atoms with Gasteiger partial charge < -0.3 is 14.7 Å².